The molecule has 0 saturated carbocycles. The summed E-state index contributed by atoms with van der Waals surface area (Å²) >= 11 is 5.18. The van der Waals surface area contributed by atoms with E-state index in [2.05, 4.69) is 10.6 Å². The Kier molecular flexibility index (Phi) is 5.72. The fraction of sp³-hybridized carbons (Fsp3) is 0.357. The van der Waals surface area contributed by atoms with E-state index in [1.165, 1.54) is 4.68 Å². The molecule has 0 aliphatic rings. The van der Waals surface area contributed by atoms with E-state index < -0.39 is 5.95 Å². The summed E-state index contributed by atoms with van der Waals surface area (Å²) in [5, 5.41) is 28.1. The maximum absolute atomic E-state index is 12.0. The number of rotatable bonds is 6. The molecule has 2 N–H and O–H groups in total. The zero-order valence-corrected chi connectivity index (χ0v) is 13.7. The number of aliphatic hydroxyl groups excluding tert-OH is 1. The molecule has 0 spiro atoms. The van der Waals surface area contributed by atoms with Gasteiger partial charge in [0.05, 0.1) is 19.0 Å². The second kappa shape index (κ2) is 7.75. The van der Waals surface area contributed by atoms with Crippen LogP contribution in [0.4, 0.5) is 0 Å². The van der Waals surface area contributed by atoms with Gasteiger partial charge in [0.15, 0.2) is 11.1 Å². The summed E-state index contributed by atoms with van der Waals surface area (Å²) in [6.45, 7) is 0.353. The first-order valence-corrected chi connectivity index (χ1v) is 7.31. The fourth-order valence-corrected chi connectivity index (χ4v) is 2.19. The van der Waals surface area contributed by atoms with E-state index in [1.54, 1.807) is 43.3 Å². The average molecular weight is 338 g/mol. The number of methoxy groups -OCH3 is 1. The molecular weight excluding hydrogens is 320 g/mol. The molecule has 0 amide bonds. The number of aromatic nitrogens is 2. The molecule has 8 nitrogen and oxygen atoms in total. The van der Waals surface area contributed by atoms with Crippen molar-refractivity contribution in [2.75, 3.05) is 27.3 Å². The summed E-state index contributed by atoms with van der Waals surface area (Å²) < 4.78 is 11.3. The number of benzene rings is 1. The highest BCUT2D eigenvalue weighted by molar-refractivity contribution is 7.80. The number of nitrogens with one attached hydrogen (secondary N) is 1. The number of ether oxygens (including phenoxy) is 1. The number of nitrogens with zero attached hydrogens (tertiary/aromatic N) is 3. The van der Waals surface area contributed by atoms with Crippen LogP contribution in [0.15, 0.2) is 28.8 Å². The van der Waals surface area contributed by atoms with E-state index in [9.17, 15) is 5.11 Å². The first-order chi connectivity index (χ1) is 11.1. The van der Waals surface area contributed by atoms with E-state index in [1.807, 2.05) is 0 Å². The van der Waals surface area contributed by atoms with E-state index in [0.29, 0.717) is 22.2 Å². The van der Waals surface area contributed by atoms with Crippen molar-refractivity contribution in [1.29, 1.82) is 0 Å². The Balaban J connectivity index is 2.31. The molecule has 0 saturated heterocycles. The Morgan fingerprint density at radius 2 is 2.17 bits per heavy atom. The lowest BCUT2D eigenvalue weighted by molar-refractivity contribution is -0.678. The van der Waals surface area contributed by atoms with Gasteiger partial charge in [0.2, 0.25) is 5.69 Å². The molecule has 2 aromatic rings. The monoisotopic (exact) mass is 338 g/mol. The van der Waals surface area contributed by atoms with Crippen molar-refractivity contribution in [3.05, 3.63) is 30.0 Å². The predicted octanol–water partition coefficient (Wildman–Crippen LogP) is -0.668. The largest absolute Gasteiger partial charge is 0.539 e. The minimum Gasteiger partial charge on any atom is -0.539 e. The zero-order valence-electron chi connectivity index (χ0n) is 12.9. The van der Waals surface area contributed by atoms with Crippen LogP contribution in [0.1, 0.15) is 5.69 Å². The van der Waals surface area contributed by atoms with Crippen LogP contribution in [-0.2, 0) is 6.54 Å². The van der Waals surface area contributed by atoms with Crippen molar-refractivity contribution in [1.82, 2.24) is 15.5 Å². The van der Waals surface area contributed by atoms with Gasteiger partial charge in [-0.2, -0.15) is 0 Å². The van der Waals surface area contributed by atoms with Gasteiger partial charge in [-0.15, -0.1) is 0 Å². The smallest absolute Gasteiger partial charge is 0.259 e. The third-order valence-corrected chi connectivity index (χ3v) is 3.69. The molecule has 0 unspecified atom stereocenters. The molecule has 23 heavy (non-hydrogen) atoms. The third kappa shape index (κ3) is 3.88. The lowest BCUT2D eigenvalue weighted by Gasteiger charge is -2.22. The maximum Gasteiger partial charge on any atom is 0.259 e. The summed E-state index contributed by atoms with van der Waals surface area (Å²) in [7, 11) is 3.25. The van der Waals surface area contributed by atoms with Gasteiger partial charge in [0.25, 0.3) is 5.69 Å². The van der Waals surface area contributed by atoms with Gasteiger partial charge in [-0.3, -0.25) is 0 Å². The zero-order chi connectivity index (χ0) is 16.8. The van der Waals surface area contributed by atoms with E-state index >= 15 is 0 Å². The SMILES string of the molecule is CNC(=S)N(CCO)Cc1c([O-])on[n+]1-c1ccc(OC)cc1. The van der Waals surface area contributed by atoms with Crippen molar-refractivity contribution < 1.29 is 24.2 Å². The van der Waals surface area contributed by atoms with Crippen LogP contribution in [0.3, 0.4) is 0 Å². The Bertz CT molecular complexity index is 659. The van der Waals surface area contributed by atoms with Crippen molar-refractivity contribution in [3.63, 3.8) is 0 Å². The van der Waals surface area contributed by atoms with Gasteiger partial charge in [-0.1, -0.05) is 0 Å². The predicted molar refractivity (Wildman–Crippen MR) is 83.2 cm³/mol. The average Bonchev–Trinajstić information content (AvgIpc) is 2.94. The molecule has 1 aromatic carbocycles. The summed E-state index contributed by atoms with van der Waals surface area (Å²) in [6, 6.07) is 7.04. The minimum absolute atomic E-state index is 0.0934. The number of thiocarbonyl (C=S) groups is 1. The topological polar surface area (TPSA) is 97.7 Å². The molecule has 124 valence electrons. The summed E-state index contributed by atoms with van der Waals surface area (Å²) in [5.41, 5.74) is 0.965. The molecule has 0 fully saturated rings. The summed E-state index contributed by atoms with van der Waals surface area (Å²) in [5.74, 6) is 0.141. The number of aliphatic hydroxyl groups is 1. The second-order valence-corrected chi connectivity index (χ2v) is 5.00. The fourth-order valence-electron chi connectivity index (χ4n) is 2.04. The number of hydrogen-bond donors (Lipinski definition) is 2. The van der Waals surface area contributed by atoms with Crippen LogP contribution in [0.2, 0.25) is 0 Å². The lowest BCUT2D eigenvalue weighted by atomic mass is 10.3. The molecule has 1 aromatic heterocycles. The quantitative estimate of drug-likeness (QED) is 0.529. The van der Waals surface area contributed by atoms with Crippen LogP contribution in [0, 0.1) is 0 Å². The van der Waals surface area contributed by atoms with Gasteiger partial charge < -0.3 is 29.7 Å². The van der Waals surface area contributed by atoms with Gasteiger partial charge in [0.1, 0.15) is 12.3 Å². The molecule has 0 atom stereocenters. The molecule has 0 radical (unpaired) electrons. The Morgan fingerprint density at radius 1 is 1.48 bits per heavy atom. The summed E-state index contributed by atoms with van der Waals surface area (Å²) in [4.78, 5) is 1.66. The summed E-state index contributed by atoms with van der Waals surface area (Å²) in [6.07, 6.45) is 0. The normalized spacial score (nSPS) is 10.4. The van der Waals surface area contributed by atoms with Crippen LogP contribution in [-0.4, -0.2) is 47.7 Å². The van der Waals surface area contributed by atoms with E-state index in [4.69, 9.17) is 26.6 Å². The van der Waals surface area contributed by atoms with Crippen molar-refractivity contribution in [2.45, 2.75) is 6.54 Å². The molecule has 9 heteroatoms. The van der Waals surface area contributed by atoms with Crippen molar-refractivity contribution in [3.8, 4) is 17.4 Å². The minimum atomic E-state index is -0.553. The van der Waals surface area contributed by atoms with Gasteiger partial charge in [-0.05, 0) is 29.0 Å². The highest BCUT2D eigenvalue weighted by Crippen LogP contribution is 2.15. The maximum atomic E-state index is 12.0. The van der Waals surface area contributed by atoms with Crippen LogP contribution in [0.5, 0.6) is 11.7 Å². The molecular formula is C14H18N4O4S. The number of hydrogen-bond acceptors (Lipinski definition) is 6. The first kappa shape index (κ1) is 17.0. The molecule has 0 aliphatic carbocycles. The van der Waals surface area contributed by atoms with Crippen molar-refractivity contribution in [2.24, 2.45) is 0 Å². The molecule has 0 bridgehead atoms. The van der Waals surface area contributed by atoms with Gasteiger partial charge >= 0.3 is 0 Å². The van der Waals surface area contributed by atoms with Gasteiger partial charge in [0, 0.05) is 25.7 Å². The van der Waals surface area contributed by atoms with Crippen LogP contribution < -0.4 is 19.8 Å². The molecule has 1 heterocycles. The van der Waals surface area contributed by atoms with Gasteiger partial charge in [-0.25, -0.2) is 0 Å². The second-order valence-electron chi connectivity index (χ2n) is 4.62. The van der Waals surface area contributed by atoms with Crippen molar-refractivity contribution >= 4 is 17.3 Å². The Hall–Kier alpha value is -2.39. The van der Waals surface area contributed by atoms with E-state index in [-0.39, 0.29) is 19.7 Å². The Morgan fingerprint density at radius 3 is 2.74 bits per heavy atom. The lowest BCUT2D eigenvalue weighted by Crippen LogP contribution is -2.44. The first-order valence-electron chi connectivity index (χ1n) is 6.90. The highest BCUT2D eigenvalue weighted by Gasteiger charge is 2.24. The van der Waals surface area contributed by atoms with Crippen LogP contribution >= 0.6 is 12.2 Å². The molecule has 2 rings (SSSR count). The van der Waals surface area contributed by atoms with Crippen LogP contribution in [0.25, 0.3) is 5.69 Å². The third-order valence-electron chi connectivity index (χ3n) is 3.23. The Labute approximate surface area is 138 Å². The van der Waals surface area contributed by atoms with E-state index in [0.717, 1.165) is 0 Å². The molecule has 0 aliphatic heterocycles. The highest BCUT2D eigenvalue weighted by atomic mass is 32.1. The standard InChI is InChI=1S/C14H18N4O4S/c1-15-14(23)17(7-8-19)9-12-13(20)22-16-18(12)10-3-5-11(21-2)6-4-10/h3-6,19H,7-9H2,1-2H3,(H-,15,16,20,23).